The number of Topliss-reactive ketones (excluding diaryl/α,β-unsaturated/α-hetero) is 1. The van der Waals surface area contributed by atoms with Gasteiger partial charge in [0.1, 0.15) is 5.75 Å². The van der Waals surface area contributed by atoms with Gasteiger partial charge in [0.2, 0.25) is 0 Å². The summed E-state index contributed by atoms with van der Waals surface area (Å²) in [5.74, 6) is 0.826. The van der Waals surface area contributed by atoms with Gasteiger partial charge in [-0.15, -0.1) is 0 Å². The molecule has 15 heavy (non-hydrogen) atoms. The molecule has 1 aromatic rings. The number of carbonyl (C=O) groups excluding carboxylic acids is 1. The molecule has 0 aliphatic carbocycles. The van der Waals surface area contributed by atoms with E-state index >= 15 is 0 Å². The van der Waals surface area contributed by atoms with Gasteiger partial charge >= 0.3 is 0 Å². The molecular formula is C13H18O2. The molecule has 0 aliphatic heterocycles. The lowest BCUT2D eigenvalue weighted by Crippen LogP contribution is -2.05. The summed E-state index contributed by atoms with van der Waals surface area (Å²) in [6, 6.07) is 3.96. The van der Waals surface area contributed by atoms with Crippen LogP contribution in [0.3, 0.4) is 0 Å². The van der Waals surface area contributed by atoms with E-state index in [1.807, 2.05) is 26.0 Å². The number of rotatable bonds is 4. The molecule has 1 rings (SSSR count). The molecule has 0 bridgehead atoms. The van der Waals surface area contributed by atoms with Crippen molar-refractivity contribution < 1.29 is 9.53 Å². The van der Waals surface area contributed by atoms with E-state index in [4.69, 9.17) is 4.74 Å². The van der Waals surface area contributed by atoms with E-state index in [-0.39, 0.29) is 5.78 Å². The van der Waals surface area contributed by atoms with Crippen LogP contribution in [0.5, 0.6) is 5.75 Å². The molecule has 0 fully saturated rings. The van der Waals surface area contributed by atoms with E-state index in [0.29, 0.717) is 6.61 Å². The van der Waals surface area contributed by atoms with Crippen molar-refractivity contribution in [1.82, 2.24) is 0 Å². The minimum atomic E-state index is 0.0716. The van der Waals surface area contributed by atoms with Crippen LogP contribution in [0.1, 0.15) is 41.8 Å². The normalized spacial score (nSPS) is 10.1. The van der Waals surface area contributed by atoms with Gasteiger partial charge in [-0.3, -0.25) is 4.79 Å². The van der Waals surface area contributed by atoms with Gasteiger partial charge in [0.15, 0.2) is 5.78 Å². The minimum Gasteiger partial charge on any atom is -0.493 e. The third-order valence-corrected chi connectivity index (χ3v) is 2.37. The van der Waals surface area contributed by atoms with Crippen molar-refractivity contribution in [2.75, 3.05) is 6.61 Å². The Hall–Kier alpha value is -1.31. The van der Waals surface area contributed by atoms with Crippen molar-refractivity contribution in [3.8, 4) is 5.75 Å². The van der Waals surface area contributed by atoms with Gasteiger partial charge < -0.3 is 4.74 Å². The number of ketones is 1. The molecule has 0 spiro atoms. The van der Waals surface area contributed by atoms with Crippen LogP contribution >= 0.6 is 0 Å². The lowest BCUT2D eigenvalue weighted by atomic mass is 10.0. The highest BCUT2D eigenvalue weighted by Crippen LogP contribution is 2.27. The SMILES string of the molecule is CCCOc1c(C)ccc(C)c1C(C)=O. The van der Waals surface area contributed by atoms with E-state index in [9.17, 15) is 4.79 Å². The van der Waals surface area contributed by atoms with Gasteiger partial charge in [0.25, 0.3) is 0 Å². The maximum absolute atomic E-state index is 11.5. The standard InChI is InChI=1S/C13H18O2/c1-5-8-15-13-10(3)7-6-9(2)12(13)11(4)14/h6-7H,5,8H2,1-4H3. The first-order valence-electron chi connectivity index (χ1n) is 5.31. The average Bonchev–Trinajstić information content (AvgIpc) is 2.18. The number of hydrogen-bond donors (Lipinski definition) is 0. The van der Waals surface area contributed by atoms with E-state index < -0.39 is 0 Å². The quantitative estimate of drug-likeness (QED) is 0.706. The van der Waals surface area contributed by atoms with Crippen LogP contribution < -0.4 is 4.74 Å². The van der Waals surface area contributed by atoms with Crippen molar-refractivity contribution in [2.24, 2.45) is 0 Å². The second kappa shape index (κ2) is 4.96. The highest BCUT2D eigenvalue weighted by Gasteiger charge is 2.13. The third-order valence-electron chi connectivity index (χ3n) is 2.37. The highest BCUT2D eigenvalue weighted by molar-refractivity contribution is 5.98. The lowest BCUT2D eigenvalue weighted by Gasteiger charge is -2.14. The molecule has 0 aromatic heterocycles. The molecule has 0 saturated carbocycles. The first-order valence-corrected chi connectivity index (χ1v) is 5.31. The Labute approximate surface area is 91.3 Å². The third kappa shape index (κ3) is 2.58. The van der Waals surface area contributed by atoms with Crippen LogP contribution in [-0.2, 0) is 0 Å². The van der Waals surface area contributed by atoms with Crippen molar-refractivity contribution >= 4 is 5.78 Å². The molecule has 0 atom stereocenters. The van der Waals surface area contributed by atoms with Crippen molar-refractivity contribution in [3.05, 3.63) is 28.8 Å². The fraction of sp³-hybridized carbons (Fsp3) is 0.462. The van der Waals surface area contributed by atoms with Gasteiger partial charge in [0, 0.05) is 0 Å². The van der Waals surface area contributed by atoms with Crippen LogP contribution in [0.2, 0.25) is 0 Å². The summed E-state index contributed by atoms with van der Waals surface area (Å²) >= 11 is 0. The number of ether oxygens (including phenoxy) is 1. The zero-order valence-corrected chi connectivity index (χ0v) is 9.89. The summed E-state index contributed by atoms with van der Waals surface area (Å²) in [6.07, 6.45) is 0.949. The monoisotopic (exact) mass is 206 g/mol. The summed E-state index contributed by atoms with van der Waals surface area (Å²) in [6.45, 7) is 8.20. The topological polar surface area (TPSA) is 26.3 Å². The van der Waals surface area contributed by atoms with Gasteiger partial charge in [-0.1, -0.05) is 19.1 Å². The first kappa shape index (κ1) is 11.8. The van der Waals surface area contributed by atoms with E-state index in [2.05, 4.69) is 6.92 Å². The second-order valence-corrected chi connectivity index (χ2v) is 3.81. The van der Waals surface area contributed by atoms with Crippen LogP contribution in [0.4, 0.5) is 0 Å². The van der Waals surface area contributed by atoms with Crippen molar-refractivity contribution in [3.63, 3.8) is 0 Å². The summed E-state index contributed by atoms with van der Waals surface area (Å²) in [7, 11) is 0. The molecule has 82 valence electrons. The molecular weight excluding hydrogens is 188 g/mol. The van der Waals surface area contributed by atoms with E-state index in [0.717, 1.165) is 28.9 Å². The van der Waals surface area contributed by atoms with Gasteiger partial charge in [-0.25, -0.2) is 0 Å². The van der Waals surface area contributed by atoms with Crippen LogP contribution in [0.15, 0.2) is 12.1 Å². The fourth-order valence-electron chi connectivity index (χ4n) is 1.61. The summed E-state index contributed by atoms with van der Waals surface area (Å²) in [5.41, 5.74) is 2.74. The highest BCUT2D eigenvalue weighted by atomic mass is 16.5. The largest absolute Gasteiger partial charge is 0.493 e. The predicted octanol–water partition coefficient (Wildman–Crippen LogP) is 3.29. The van der Waals surface area contributed by atoms with Crippen molar-refractivity contribution in [1.29, 1.82) is 0 Å². The molecule has 0 aliphatic rings. The summed E-state index contributed by atoms with van der Waals surface area (Å²) < 4.78 is 5.64. The summed E-state index contributed by atoms with van der Waals surface area (Å²) in [5, 5.41) is 0. The van der Waals surface area contributed by atoms with Crippen LogP contribution in [-0.4, -0.2) is 12.4 Å². The first-order chi connectivity index (χ1) is 7.07. The average molecular weight is 206 g/mol. The number of benzene rings is 1. The second-order valence-electron chi connectivity index (χ2n) is 3.81. The molecule has 0 amide bonds. The number of carbonyl (C=O) groups is 1. The fourth-order valence-corrected chi connectivity index (χ4v) is 1.61. The predicted molar refractivity (Wildman–Crippen MR) is 61.7 cm³/mol. The van der Waals surface area contributed by atoms with E-state index in [1.54, 1.807) is 6.92 Å². The molecule has 0 unspecified atom stereocenters. The molecule has 0 saturated heterocycles. The molecule has 0 heterocycles. The molecule has 2 nitrogen and oxygen atoms in total. The van der Waals surface area contributed by atoms with Gasteiger partial charge in [-0.2, -0.15) is 0 Å². The van der Waals surface area contributed by atoms with Gasteiger partial charge in [-0.05, 0) is 38.3 Å². The minimum absolute atomic E-state index is 0.0716. The molecule has 0 N–H and O–H groups in total. The Morgan fingerprint density at radius 2 is 1.87 bits per heavy atom. The number of hydrogen-bond acceptors (Lipinski definition) is 2. The smallest absolute Gasteiger partial charge is 0.163 e. The zero-order valence-electron chi connectivity index (χ0n) is 9.89. The maximum Gasteiger partial charge on any atom is 0.163 e. The molecule has 1 aromatic carbocycles. The maximum atomic E-state index is 11.5. The lowest BCUT2D eigenvalue weighted by molar-refractivity contribution is 0.101. The Morgan fingerprint density at radius 3 is 2.40 bits per heavy atom. The van der Waals surface area contributed by atoms with Gasteiger partial charge in [0.05, 0.1) is 12.2 Å². The molecule has 0 radical (unpaired) electrons. The van der Waals surface area contributed by atoms with Crippen LogP contribution in [0, 0.1) is 13.8 Å². The Balaban J connectivity index is 3.19. The number of aryl methyl sites for hydroxylation is 2. The Kier molecular flexibility index (Phi) is 3.89. The Bertz CT molecular complexity index is 367. The van der Waals surface area contributed by atoms with Crippen LogP contribution in [0.25, 0.3) is 0 Å². The van der Waals surface area contributed by atoms with E-state index in [1.165, 1.54) is 0 Å². The summed E-state index contributed by atoms with van der Waals surface area (Å²) in [4.78, 5) is 11.5. The molecule has 2 heteroatoms. The zero-order chi connectivity index (χ0) is 11.4. The van der Waals surface area contributed by atoms with Crippen molar-refractivity contribution in [2.45, 2.75) is 34.1 Å². The Morgan fingerprint density at radius 1 is 1.27 bits per heavy atom.